The number of carbonyl (C=O) groups excluding carboxylic acids is 2. The van der Waals surface area contributed by atoms with Crippen LogP contribution < -0.4 is 16.0 Å². The molecule has 2 aliphatic rings. The zero-order valence-electron chi connectivity index (χ0n) is 15.3. The molecule has 142 valence electrons. The molecule has 1 unspecified atom stereocenters. The molecular weight excluding hydrogens is 330 g/mol. The fourth-order valence-corrected chi connectivity index (χ4v) is 3.32. The standard InChI is InChI=1S/C14H23N3O3.C6H6/c1-9(16-12(19)8-18)13-11(7-15-14(13)20)17-10-5-3-2-4-6-10;1-2-4-6-5-3-1/h9-10,17-18H,2-8H2,1H3,(H,15,20)(H,16,19);1-6H. The monoisotopic (exact) mass is 359 g/mol. The number of aliphatic hydroxyl groups excluding tert-OH is 1. The Hall–Kier alpha value is -2.34. The Morgan fingerprint density at radius 3 is 2.27 bits per heavy atom. The van der Waals surface area contributed by atoms with Crippen LogP contribution in [0.2, 0.25) is 0 Å². The first-order chi connectivity index (χ1) is 12.6. The first-order valence-corrected chi connectivity index (χ1v) is 9.30. The van der Waals surface area contributed by atoms with Crippen molar-refractivity contribution in [3.63, 3.8) is 0 Å². The van der Waals surface area contributed by atoms with Crippen LogP contribution in [0.25, 0.3) is 0 Å². The number of hydrogen-bond donors (Lipinski definition) is 4. The van der Waals surface area contributed by atoms with Gasteiger partial charge in [0.1, 0.15) is 6.61 Å². The predicted octanol–water partition coefficient (Wildman–Crippen LogP) is 1.48. The lowest BCUT2D eigenvalue weighted by Crippen LogP contribution is -2.39. The molecule has 26 heavy (non-hydrogen) atoms. The van der Waals surface area contributed by atoms with E-state index in [2.05, 4.69) is 16.0 Å². The van der Waals surface area contributed by atoms with Crippen molar-refractivity contribution in [1.82, 2.24) is 16.0 Å². The van der Waals surface area contributed by atoms with E-state index in [0.29, 0.717) is 18.2 Å². The molecule has 1 aliphatic heterocycles. The first kappa shape index (κ1) is 20.0. The number of rotatable bonds is 5. The quantitative estimate of drug-likeness (QED) is 0.641. The van der Waals surface area contributed by atoms with E-state index in [9.17, 15) is 9.59 Å². The molecule has 0 radical (unpaired) electrons. The zero-order chi connectivity index (χ0) is 18.8. The Kier molecular flexibility index (Phi) is 8.15. The molecule has 4 N–H and O–H groups in total. The number of amides is 2. The maximum Gasteiger partial charge on any atom is 0.251 e. The van der Waals surface area contributed by atoms with Crippen LogP contribution in [0.4, 0.5) is 0 Å². The summed E-state index contributed by atoms with van der Waals surface area (Å²) in [6.45, 7) is 1.69. The third kappa shape index (κ3) is 6.19. The third-order valence-corrected chi connectivity index (χ3v) is 4.60. The molecule has 6 nitrogen and oxygen atoms in total. The highest BCUT2D eigenvalue weighted by Crippen LogP contribution is 2.21. The predicted molar refractivity (Wildman–Crippen MR) is 101 cm³/mol. The van der Waals surface area contributed by atoms with Crippen LogP contribution in [0.3, 0.4) is 0 Å². The van der Waals surface area contributed by atoms with Gasteiger partial charge in [-0.2, -0.15) is 0 Å². The summed E-state index contributed by atoms with van der Waals surface area (Å²) in [6, 6.07) is 12.0. The van der Waals surface area contributed by atoms with Gasteiger partial charge >= 0.3 is 0 Å². The van der Waals surface area contributed by atoms with Gasteiger partial charge in [-0.1, -0.05) is 55.7 Å². The van der Waals surface area contributed by atoms with E-state index in [4.69, 9.17) is 5.11 Å². The van der Waals surface area contributed by atoms with Gasteiger partial charge in [0.05, 0.1) is 18.2 Å². The summed E-state index contributed by atoms with van der Waals surface area (Å²) in [5.74, 6) is -0.615. The van der Waals surface area contributed by atoms with Crippen molar-refractivity contribution in [2.24, 2.45) is 0 Å². The summed E-state index contributed by atoms with van der Waals surface area (Å²) in [5.41, 5.74) is 1.46. The number of aliphatic hydroxyl groups is 1. The minimum Gasteiger partial charge on any atom is -0.387 e. The minimum absolute atomic E-state index is 0.144. The fourth-order valence-electron chi connectivity index (χ4n) is 3.32. The van der Waals surface area contributed by atoms with Crippen molar-refractivity contribution in [2.45, 2.75) is 51.1 Å². The lowest BCUT2D eigenvalue weighted by Gasteiger charge is -2.25. The molecule has 1 heterocycles. The summed E-state index contributed by atoms with van der Waals surface area (Å²) in [4.78, 5) is 23.2. The summed E-state index contributed by atoms with van der Waals surface area (Å²) in [7, 11) is 0. The second-order valence-electron chi connectivity index (χ2n) is 6.66. The molecule has 1 atom stereocenters. The van der Waals surface area contributed by atoms with E-state index in [1.54, 1.807) is 6.92 Å². The van der Waals surface area contributed by atoms with E-state index in [1.165, 1.54) is 19.3 Å². The van der Waals surface area contributed by atoms with Crippen LogP contribution in [-0.2, 0) is 9.59 Å². The summed E-state index contributed by atoms with van der Waals surface area (Å²) < 4.78 is 0. The van der Waals surface area contributed by atoms with Crippen LogP contribution in [-0.4, -0.2) is 42.2 Å². The average molecular weight is 359 g/mol. The second kappa shape index (κ2) is 10.6. The van der Waals surface area contributed by atoms with Gasteiger partial charge in [-0.3, -0.25) is 9.59 Å². The summed E-state index contributed by atoms with van der Waals surface area (Å²) >= 11 is 0. The van der Waals surface area contributed by atoms with Crippen LogP contribution in [0.5, 0.6) is 0 Å². The van der Waals surface area contributed by atoms with E-state index in [1.807, 2.05) is 36.4 Å². The van der Waals surface area contributed by atoms with Gasteiger partial charge in [-0.25, -0.2) is 0 Å². The lowest BCUT2D eigenvalue weighted by molar-refractivity contribution is -0.124. The number of benzene rings is 1. The van der Waals surface area contributed by atoms with Crippen molar-refractivity contribution in [2.75, 3.05) is 13.2 Å². The van der Waals surface area contributed by atoms with Gasteiger partial charge in [0.2, 0.25) is 5.91 Å². The van der Waals surface area contributed by atoms with Gasteiger partial charge < -0.3 is 21.1 Å². The molecule has 1 fully saturated rings. The van der Waals surface area contributed by atoms with Gasteiger partial charge in [0, 0.05) is 11.7 Å². The number of carbonyl (C=O) groups is 2. The molecule has 3 rings (SSSR count). The van der Waals surface area contributed by atoms with Crippen LogP contribution in [0, 0.1) is 0 Å². The molecule has 1 saturated carbocycles. The molecule has 6 heteroatoms. The molecule has 1 aromatic rings. The van der Waals surface area contributed by atoms with E-state index >= 15 is 0 Å². The Balaban J connectivity index is 0.000000342. The maximum absolute atomic E-state index is 11.9. The minimum atomic E-state index is -0.565. The molecule has 0 saturated heterocycles. The smallest absolute Gasteiger partial charge is 0.251 e. The molecule has 1 aliphatic carbocycles. The molecule has 2 amide bonds. The Morgan fingerprint density at radius 2 is 1.73 bits per heavy atom. The molecule has 0 aromatic heterocycles. The Labute approximate surface area is 155 Å². The van der Waals surface area contributed by atoms with Crippen LogP contribution >= 0.6 is 0 Å². The Bertz CT molecular complexity index is 583. The second-order valence-corrected chi connectivity index (χ2v) is 6.66. The SMILES string of the molecule is CC(NC(=O)CO)C1=C(NC2CCCCC2)CNC1=O.c1ccccc1. The zero-order valence-corrected chi connectivity index (χ0v) is 15.3. The molecule has 1 aromatic carbocycles. The summed E-state index contributed by atoms with van der Waals surface area (Å²) in [6.07, 6.45) is 5.98. The highest BCUT2D eigenvalue weighted by molar-refractivity contribution is 5.98. The van der Waals surface area contributed by atoms with E-state index < -0.39 is 18.6 Å². The highest BCUT2D eigenvalue weighted by Gasteiger charge is 2.29. The van der Waals surface area contributed by atoms with Crippen molar-refractivity contribution in [3.8, 4) is 0 Å². The van der Waals surface area contributed by atoms with E-state index in [-0.39, 0.29) is 5.91 Å². The van der Waals surface area contributed by atoms with E-state index in [0.717, 1.165) is 18.5 Å². The van der Waals surface area contributed by atoms with Crippen LogP contribution in [0.1, 0.15) is 39.0 Å². The largest absolute Gasteiger partial charge is 0.387 e. The number of nitrogens with one attached hydrogen (secondary N) is 3. The average Bonchev–Trinajstić information content (AvgIpc) is 3.04. The highest BCUT2D eigenvalue weighted by atomic mass is 16.3. The lowest BCUT2D eigenvalue weighted by atomic mass is 9.95. The topological polar surface area (TPSA) is 90.5 Å². The normalized spacial score (nSPS) is 18.5. The molecular formula is C20H29N3O3. The van der Waals surface area contributed by atoms with Crippen molar-refractivity contribution >= 4 is 11.8 Å². The van der Waals surface area contributed by atoms with Gasteiger partial charge in [0.25, 0.3) is 5.91 Å². The number of hydrogen-bond acceptors (Lipinski definition) is 4. The molecule has 0 bridgehead atoms. The van der Waals surface area contributed by atoms with Crippen molar-refractivity contribution in [1.29, 1.82) is 0 Å². The van der Waals surface area contributed by atoms with Crippen molar-refractivity contribution in [3.05, 3.63) is 47.7 Å². The fraction of sp³-hybridized carbons (Fsp3) is 0.500. The summed E-state index contributed by atoms with van der Waals surface area (Å²) in [5, 5.41) is 17.6. The van der Waals surface area contributed by atoms with Crippen molar-refractivity contribution < 1.29 is 14.7 Å². The van der Waals surface area contributed by atoms with Gasteiger partial charge in [-0.05, 0) is 19.8 Å². The first-order valence-electron chi connectivity index (χ1n) is 9.30. The third-order valence-electron chi connectivity index (χ3n) is 4.60. The van der Waals surface area contributed by atoms with Crippen LogP contribution in [0.15, 0.2) is 47.7 Å². The molecule has 0 spiro atoms. The van der Waals surface area contributed by atoms with Gasteiger partial charge in [0.15, 0.2) is 0 Å². The maximum atomic E-state index is 11.9. The van der Waals surface area contributed by atoms with Gasteiger partial charge in [-0.15, -0.1) is 0 Å². The Morgan fingerprint density at radius 1 is 1.15 bits per heavy atom.